The molecule has 0 fully saturated rings. The van der Waals surface area contributed by atoms with Gasteiger partial charge in [-0.15, -0.1) is 0 Å². The van der Waals surface area contributed by atoms with Gasteiger partial charge in [0.15, 0.2) is 0 Å². The van der Waals surface area contributed by atoms with Crippen LogP contribution in [0, 0.1) is 0 Å². The predicted octanol–water partition coefficient (Wildman–Crippen LogP) is -5.45. The maximum Gasteiger partial charge on any atom is 2.00 e. The average Bonchev–Trinajstić information content (AvgIpc) is 1.59. The van der Waals surface area contributed by atoms with Crippen LogP contribution in [0.3, 0.4) is 0 Å². The van der Waals surface area contributed by atoms with Crippen LogP contribution < -0.4 is 29.4 Å². The van der Waals surface area contributed by atoms with Gasteiger partial charge < -0.3 is 38.5 Å². The predicted molar refractivity (Wildman–Crippen MR) is 26.8 cm³/mol. The van der Waals surface area contributed by atoms with Gasteiger partial charge >= 0.3 is 90.5 Å². The molecule has 0 aliphatic carbocycles. The Balaban J connectivity index is -0.0000000197. The van der Waals surface area contributed by atoms with Crippen molar-refractivity contribution in [2.75, 3.05) is 0 Å². The van der Waals surface area contributed by atoms with E-state index in [1.807, 2.05) is 0 Å². The minimum Gasteiger partial charge on any atom is 2.00 e. The van der Waals surface area contributed by atoms with Gasteiger partial charge in [0, 0.05) is 0 Å². The SMILES string of the molecule is O=P([O-])([O-])[O-].O=P([O-])([O-])[O-].[CH3][Na].[Zn+2].[Zn+2].[Zn+2]. The fraction of sp³-hybridized carbons (Fsp3) is 1.00. The topological polar surface area (TPSA) is 172 Å². The van der Waals surface area contributed by atoms with Gasteiger partial charge in [-0.25, -0.2) is 0 Å². The number of rotatable bonds is 0. The summed E-state index contributed by atoms with van der Waals surface area (Å²) in [7, 11) is -10.8. The van der Waals surface area contributed by atoms with E-state index in [9.17, 15) is 0 Å². The van der Waals surface area contributed by atoms with Crippen LogP contribution in [0.15, 0.2) is 0 Å². The van der Waals surface area contributed by atoms with E-state index in [0.29, 0.717) is 0 Å². The first kappa shape index (κ1) is 36.1. The molecule has 0 aromatic heterocycles. The summed E-state index contributed by atoms with van der Waals surface area (Å²) in [5.74, 6) is 0. The van der Waals surface area contributed by atoms with E-state index in [4.69, 9.17) is 38.5 Å². The van der Waals surface area contributed by atoms with Crippen LogP contribution in [0.4, 0.5) is 0 Å². The van der Waals surface area contributed by atoms with Crippen LogP contribution in [0.1, 0.15) is 0 Å². The number of hydrogen-bond donors (Lipinski definition) is 0. The molecule has 0 spiro atoms. The summed E-state index contributed by atoms with van der Waals surface area (Å²) >= 11 is 1.31. The zero-order valence-electron chi connectivity index (χ0n) is 8.28. The molecule has 0 N–H and O–H groups in total. The van der Waals surface area contributed by atoms with Gasteiger partial charge in [-0.1, -0.05) is 0 Å². The van der Waals surface area contributed by atoms with Crippen LogP contribution >= 0.6 is 15.6 Å². The molecule has 0 saturated carbocycles. The minimum atomic E-state index is -5.39. The molecule has 0 aromatic carbocycles. The molecule has 0 rings (SSSR count). The molecular weight excluding hydrogens is 421 g/mol. The first-order valence-electron chi connectivity index (χ1n) is 2.46. The molecule has 0 heterocycles. The third-order valence-electron chi connectivity index (χ3n) is 0. The smallest absolute Gasteiger partial charge is 2.00 e. The van der Waals surface area contributed by atoms with Crippen molar-refractivity contribution in [2.24, 2.45) is 0 Å². The van der Waals surface area contributed by atoms with Crippen molar-refractivity contribution in [3.05, 3.63) is 0 Å². The molecule has 0 unspecified atom stereocenters. The Kier molecular flexibility index (Phi) is 46.8. The minimum absolute atomic E-state index is 0. The van der Waals surface area contributed by atoms with Crippen molar-refractivity contribution < 1.29 is 96.9 Å². The second-order valence-electron chi connectivity index (χ2n) is 0.894. The van der Waals surface area contributed by atoms with E-state index in [-0.39, 0.29) is 58.4 Å². The van der Waals surface area contributed by atoms with E-state index in [0.717, 1.165) is 0 Å². The standard InChI is InChI=1S/CH3.Na.2H3O4P.3Zn/c;;2*1-5(2,3)4;;;/h1H3;;2*(H3,1,2,3,4);;;/q;;;;3*+2/p-6. The summed E-state index contributed by atoms with van der Waals surface area (Å²) in [6.45, 7) is 0. The van der Waals surface area contributed by atoms with E-state index >= 15 is 0 Å². The van der Waals surface area contributed by atoms with Crippen molar-refractivity contribution in [3.63, 3.8) is 0 Å². The Bertz CT molecular complexity index is 140. The fourth-order valence-corrected chi connectivity index (χ4v) is 0. The van der Waals surface area contributed by atoms with Crippen LogP contribution in [0.25, 0.3) is 0 Å². The van der Waals surface area contributed by atoms with Gasteiger partial charge in [0.05, 0.1) is 0 Å². The quantitative estimate of drug-likeness (QED) is 0.274. The summed E-state index contributed by atoms with van der Waals surface area (Å²) < 4.78 is 19.2. The van der Waals surface area contributed by atoms with E-state index in [2.05, 4.69) is 4.17 Å². The molecule has 72 valence electrons. The number of phosphoric acid groups is 2. The van der Waals surface area contributed by atoms with E-state index < -0.39 is 15.6 Å². The molecule has 0 bridgehead atoms. The third-order valence-corrected chi connectivity index (χ3v) is 0. The number of hydrogen-bond acceptors (Lipinski definition) is 8. The summed E-state index contributed by atoms with van der Waals surface area (Å²) in [5, 5.41) is 0. The van der Waals surface area contributed by atoms with Crippen molar-refractivity contribution in [2.45, 2.75) is 4.17 Å². The van der Waals surface area contributed by atoms with Crippen molar-refractivity contribution in [1.29, 1.82) is 0 Å². The fourth-order valence-electron chi connectivity index (χ4n) is 0. The molecule has 8 nitrogen and oxygen atoms in total. The Morgan fingerprint density at radius 1 is 0.667 bits per heavy atom. The van der Waals surface area contributed by atoms with Crippen LogP contribution in [-0.2, 0) is 67.6 Å². The van der Waals surface area contributed by atoms with Gasteiger partial charge in [-0.2, -0.15) is 15.6 Å². The normalized spacial score (nSPS) is 8.33. The third kappa shape index (κ3) is 408. The van der Waals surface area contributed by atoms with Crippen LogP contribution in [0.5, 0.6) is 0 Å². The summed E-state index contributed by atoms with van der Waals surface area (Å²) in [5.41, 5.74) is 0. The van der Waals surface area contributed by atoms with Crippen LogP contribution in [0.2, 0.25) is 4.17 Å². The summed E-state index contributed by atoms with van der Waals surface area (Å²) in [4.78, 5) is 51.3. The molecule has 15 heavy (non-hydrogen) atoms. The largest absolute Gasteiger partial charge is 2.00 e. The maximum absolute atomic E-state index is 8.55. The molecular formula is CH3NaO8P2Zn3. The van der Waals surface area contributed by atoms with Crippen molar-refractivity contribution in [1.82, 2.24) is 0 Å². The molecule has 0 radical (unpaired) electrons. The molecule has 0 aliphatic heterocycles. The monoisotopic (exact) mass is 420 g/mol. The molecule has 14 heteroatoms. The molecule has 0 atom stereocenters. The Morgan fingerprint density at radius 3 is 0.667 bits per heavy atom. The molecule has 0 aromatic rings. The molecule has 0 aliphatic rings. The second kappa shape index (κ2) is 19.4. The second-order valence-corrected chi connectivity index (χ2v) is 2.68. The Morgan fingerprint density at radius 2 is 0.667 bits per heavy atom. The van der Waals surface area contributed by atoms with E-state index in [1.54, 1.807) is 0 Å². The Labute approximate surface area is 143 Å². The zero-order valence-corrected chi connectivity index (χ0v) is 21.0. The molecule has 0 amide bonds. The first-order chi connectivity index (χ1) is 5.00. The zero-order chi connectivity index (χ0) is 11.0. The van der Waals surface area contributed by atoms with Gasteiger partial charge in [0.2, 0.25) is 0 Å². The maximum atomic E-state index is 8.55. The summed E-state index contributed by atoms with van der Waals surface area (Å²) in [6.07, 6.45) is 0. The van der Waals surface area contributed by atoms with Gasteiger partial charge in [0.25, 0.3) is 0 Å². The summed E-state index contributed by atoms with van der Waals surface area (Å²) in [6, 6.07) is 0. The van der Waals surface area contributed by atoms with Crippen molar-refractivity contribution in [3.8, 4) is 0 Å². The molecule has 0 saturated heterocycles. The van der Waals surface area contributed by atoms with Crippen molar-refractivity contribution >= 4 is 43.6 Å². The van der Waals surface area contributed by atoms with Crippen LogP contribution in [-0.4, -0.2) is 27.9 Å². The van der Waals surface area contributed by atoms with Gasteiger partial charge in [-0.05, 0) is 0 Å². The van der Waals surface area contributed by atoms with Gasteiger partial charge in [0.1, 0.15) is 0 Å². The Hall–Kier alpha value is 3.09. The van der Waals surface area contributed by atoms with E-state index in [1.165, 1.54) is 27.9 Å². The first-order valence-corrected chi connectivity index (χ1v) is 7.38. The average molecular weight is 424 g/mol. The van der Waals surface area contributed by atoms with Gasteiger partial charge in [-0.3, -0.25) is 0 Å².